The summed E-state index contributed by atoms with van der Waals surface area (Å²) in [5.74, 6) is 5.31. The number of pyridine rings is 1. The highest BCUT2D eigenvalue weighted by Gasteiger charge is 2.16. The molecule has 0 saturated heterocycles. The Hall–Kier alpha value is -2.11. The Morgan fingerprint density at radius 1 is 1.25 bits per heavy atom. The van der Waals surface area contributed by atoms with Crippen molar-refractivity contribution in [1.82, 2.24) is 10.3 Å². The summed E-state index contributed by atoms with van der Waals surface area (Å²) in [5.41, 5.74) is 3.53. The lowest BCUT2D eigenvalue weighted by Gasteiger charge is -2.14. The van der Waals surface area contributed by atoms with Gasteiger partial charge in [0.25, 0.3) is 5.91 Å². The van der Waals surface area contributed by atoms with E-state index in [9.17, 15) is 4.79 Å². The maximum absolute atomic E-state index is 12.2. The average molecular weight is 291 g/mol. The summed E-state index contributed by atoms with van der Waals surface area (Å²) in [7, 11) is 0. The topological polar surface area (TPSA) is 80.0 Å². The predicted molar refractivity (Wildman–Crippen MR) is 79.4 cm³/mol. The van der Waals surface area contributed by atoms with Crippen LogP contribution in [0.4, 0.5) is 5.82 Å². The Morgan fingerprint density at radius 2 is 1.95 bits per heavy atom. The molecule has 1 aromatic carbocycles. The second-order valence-corrected chi connectivity index (χ2v) is 4.68. The molecule has 2 rings (SSSR count). The van der Waals surface area contributed by atoms with E-state index in [1.54, 1.807) is 12.1 Å². The van der Waals surface area contributed by atoms with Crippen LogP contribution in [0.3, 0.4) is 0 Å². The van der Waals surface area contributed by atoms with E-state index in [1.165, 1.54) is 0 Å². The van der Waals surface area contributed by atoms with Crippen molar-refractivity contribution in [1.29, 1.82) is 0 Å². The first-order valence-electron chi connectivity index (χ1n) is 6.11. The third-order valence-corrected chi connectivity index (χ3v) is 3.16. The van der Waals surface area contributed by atoms with Crippen molar-refractivity contribution in [2.45, 2.75) is 13.0 Å². The molecule has 1 atom stereocenters. The Labute approximate surface area is 122 Å². The minimum atomic E-state index is -0.344. The van der Waals surface area contributed by atoms with Crippen molar-refractivity contribution < 1.29 is 4.79 Å². The summed E-state index contributed by atoms with van der Waals surface area (Å²) in [6, 6.07) is 12.7. The highest BCUT2D eigenvalue weighted by atomic mass is 35.5. The molecule has 6 heteroatoms. The van der Waals surface area contributed by atoms with Gasteiger partial charge in [-0.05, 0) is 24.6 Å². The molecule has 2 aromatic rings. The van der Waals surface area contributed by atoms with Crippen molar-refractivity contribution in [3.63, 3.8) is 0 Å². The summed E-state index contributed by atoms with van der Waals surface area (Å²) in [6.07, 6.45) is 0. The Bertz CT molecular complexity index is 603. The monoisotopic (exact) mass is 290 g/mol. The van der Waals surface area contributed by atoms with Crippen molar-refractivity contribution in [2.75, 3.05) is 5.43 Å². The standard InChI is InChI=1S/C14H15ClN4O/c1-9(10-5-3-2-4-6-10)17-14(20)13-11(15)7-8-12(18-13)19-16/h2-9H,16H2,1H3,(H,17,20)(H,18,19). The Kier molecular flexibility index (Phi) is 4.55. The molecule has 0 aliphatic carbocycles. The van der Waals surface area contributed by atoms with E-state index in [0.29, 0.717) is 5.82 Å². The molecular formula is C14H15ClN4O. The van der Waals surface area contributed by atoms with Crippen molar-refractivity contribution in [3.8, 4) is 0 Å². The average Bonchev–Trinajstić information content (AvgIpc) is 2.48. The fraction of sp³-hybridized carbons (Fsp3) is 0.143. The van der Waals surface area contributed by atoms with E-state index in [2.05, 4.69) is 15.7 Å². The smallest absolute Gasteiger partial charge is 0.271 e. The molecule has 1 aromatic heterocycles. The highest BCUT2D eigenvalue weighted by molar-refractivity contribution is 6.33. The third kappa shape index (κ3) is 3.26. The van der Waals surface area contributed by atoms with Crippen molar-refractivity contribution in [2.24, 2.45) is 5.84 Å². The molecule has 4 N–H and O–H groups in total. The van der Waals surface area contributed by atoms with Crippen molar-refractivity contribution in [3.05, 3.63) is 58.7 Å². The van der Waals surface area contributed by atoms with Gasteiger partial charge in [0.05, 0.1) is 11.1 Å². The predicted octanol–water partition coefficient (Wildman–Crippen LogP) is 2.51. The largest absolute Gasteiger partial charge is 0.344 e. The molecule has 20 heavy (non-hydrogen) atoms. The maximum atomic E-state index is 12.2. The van der Waals surface area contributed by atoms with Crippen LogP contribution in [0.25, 0.3) is 0 Å². The summed E-state index contributed by atoms with van der Waals surface area (Å²) < 4.78 is 0. The summed E-state index contributed by atoms with van der Waals surface area (Å²) in [6.45, 7) is 1.90. The van der Waals surface area contributed by atoms with Crippen LogP contribution in [0.5, 0.6) is 0 Å². The first-order chi connectivity index (χ1) is 9.61. The van der Waals surface area contributed by atoms with Gasteiger partial charge in [0.2, 0.25) is 0 Å². The molecule has 1 amide bonds. The Morgan fingerprint density at radius 3 is 2.60 bits per heavy atom. The number of aromatic nitrogens is 1. The Balaban J connectivity index is 2.16. The van der Waals surface area contributed by atoms with E-state index in [4.69, 9.17) is 17.4 Å². The van der Waals surface area contributed by atoms with Gasteiger partial charge < -0.3 is 10.7 Å². The number of nitrogen functional groups attached to an aromatic ring is 1. The van der Waals surface area contributed by atoms with E-state index in [0.717, 1.165) is 5.56 Å². The van der Waals surface area contributed by atoms with Crippen LogP contribution in [0.1, 0.15) is 29.0 Å². The van der Waals surface area contributed by atoms with E-state index in [-0.39, 0.29) is 22.7 Å². The molecule has 0 fully saturated rings. The van der Waals surface area contributed by atoms with Crippen LogP contribution in [0.15, 0.2) is 42.5 Å². The fourth-order valence-corrected chi connectivity index (χ4v) is 1.96. The lowest BCUT2D eigenvalue weighted by atomic mass is 10.1. The molecule has 104 valence electrons. The first kappa shape index (κ1) is 14.3. The zero-order valence-corrected chi connectivity index (χ0v) is 11.7. The number of anilines is 1. The number of rotatable bonds is 4. The minimum Gasteiger partial charge on any atom is -0.344 e. The number of nitrogens with two attached hydrogens (primary N) is 1. The second kappa shape index (κ2) is 6.36. The van der Waals surface area contributed by atoms with Gasteiger partial charge in [0.1, 0.15) is 11.5 Å². The number of carbonyl (C=O) groups is 1. The summed E-state index contributed by atoms with van der Waals surface area (Å²) in [5, 5.41) is 3.13. The molecule has 0 spiro atoms. The van der Waals surface area contributed by atoms with Gasteiger partial charge in [-0.15, -0.1) is 0 Å². The quantitative estimate of drug-likeness (QED) is 0.597. The normalized spacial score (nSPS) is 11.8. The number of carbonyl (C=O) groups excluding carboxylic acids is 1. The molecule has 1 heterocycles. The third-order valence-electron chi connectivity index (χ3n) is 2.86. The van der Waals surface area contributed by atoms with E-state index < -0.39 is 0 Å². The number of amides is 1. The van der Waals surface area contributed by atoms with Gasteiger partial charge in [0, 0.05) is 0 Å². The van der Waals surface area contributed by atoms with Gasteiger partial charge >= 0.3 is 0 Å². The van der Waals surface area contributed by atoms with Gasteiger partial charge in [0.15, 0.2) is 0 Å². The second-order valence-electron chi connectivity index (χ2n) is 4.28. The number of benzene rings is 1. The molecule has 0 radical (unpaired) electrons. The molecule has 1 unspecified atom stereocenters. The number of hydrazine groups is 1. The molecule has 0 bridgehead atoms. The summed E-state index contributed by atoms with van der Waals surface area (Å²) >= 11 is 5.99. The number of hydrogen-bond acceptors (Lipinski definition) is 4. The van der Waals surface area contributed by atoms with Gasteiger partial charge in [-0.25, -0.2) is 10.8 Å². The zero-order valence-electron chi connectivity index (χ0n) is 10.9. The van der Waals surface area contributed by atoms with Gasteiger partial charge in [-0.2, -0.15) is 0 Å². The van der Waals surface area contributed by atoms with Crippen LogP contribution in [-0.4, -0.2) is 10.9 Å². The van der Waals surface area contributed by atoms with E-state index >= 15 is 0 Å². The first-order valence-corrected chi connectivity index (χ1v) is 6.48. The maximum Gasteiger partial charge on any atom is 0.271 e. The molecule has 0 saturated carbocycles. The van der Waals surface area contributed by atoms with Crippen LogP contribution in [0, 0.1) is 0 Å². The van der Waals surface area contributed by atoms with Crippen LogP contribution in [0.2, 0.25) is 5.02 Å². The SMILES string of the molecule is CC(NC(=O)c1nc(NN)ccc1Cl)c1ccccc1. The van der Waals surface area contributed by atoms with Crippen LogP contribution in [-0.2, 0) is 0 Å². The van der Waals surface area contributed by atoms with Crippen LogP contribution < -0.4 is 16.6 Å². The summed E-state index contributed by atoms with van der Waals surface area (Å²) in [4.78, 5) is 16.2. The minimum absolute atomic E-state index is 0.143. The molecule has 0 aliphatic rings. The highest BCUT2D eigenvalue weighted by Crippen LogP contribution is 2.18. The number of halogens is 1. The molecular weight excluding hydrogens is 276 g/mol. The molecule has 0 aliphatic heterocycles. The zero-order chi connectivity index (χ0) is 14.5. The molecule has 5 nitrogen and oxygen atoms in total. The lowest BCUT2D eigenvalue weighted by Crippen LogP contribution is -2.28. The van der Waals surface area contributed by atoms with Gasteiger partial charge in [-0.3, -0.25) is 4.79 Å². The fourth-order valence-electron chi connectivity index (χ4n) is 1.77. The van der Waals surface area contributed by atoms with Crippen molar-refractivity contribution >= 4 is 23.3 Å². The lowest BCUT2D eigenvalue weighted by molar-refractivity contribution is 0.0935. The van der Waals surface area contributed by atoms with Crippen LogP contribution >= 0.6 is 11.6 Å². The van der Waals surface area contributed by atoms with Gasteiger partial charge in [-0.1, -0.05) is 41.9 Å². The number of nitrogens with one attached hydrogen (secondary N) is 2. The van der Waals surface area contributed by atoms with E-state index in [1.807, 2.05) is 37.3 Å². The number of hydrogen-bond donors (Lipinski definition) is 3. The number of nitrogens with zero attached hydrogens (tertiary/aromatic N) is 1.